The van der Waals surface area contributed by atoms with Crippen molar-refractivity contribution in [3.63, 3.8) is 0 Å². The Morgan fingerprint density at radius 2 is 1.86 bits per heavy atom. The summed E-state index contributed by atoms with van der Waals surface area (Å²) in [7, 11) is 1.69. The summed E-state index contributed by atoms with van der Waals surface area (Å²) in [5, 5.41) is 3.48. The second-order valence-electron chi connectivity index (χ2n) is 5.04. The SMILES string of the molecule is CCCOc1ccc(CNCCN(CC)CC)cc1OC. The minimum Gasteiger partial charge on any atom is -0.493 e. The Labute approximate surface area is 129 Å². The largest absolute Gasteiger partial charge is 0.493 e. The lowest BCUT2D eigenvalue weighted by Crippen LogP contribution is -2.31. The van der Waals surface area contributed by atoms with Gasteiger partial charge in [0.15, 0.2) is 11.5 Å². The van der Waals surface area contributed by atoms with Gasteiger partial charge in [0.2, 0.25) is 0 Å². The molecule has 0 saturated carbocycles. The normalized spacial score (nSPS) is 10.9. The van der Waals surface area contributed by atoms with Crippen LogP contribution in [0.15, 0.2) is 18.2 Å². The second-order valence-corrected chi connectivity index (χ2v) is 5.04. The van der Waals surface area contributed by atoms with E-state index in [1.165, 1.54) is 5.56 Å². The molecular weight excluding hydrogens is 264 g/mol. The Balaban J connectivity index is 2.45. The molecule has 1 aromatic carbocycles. The molecule has 0 aliphatic heterocycles. The number of methoxy groups -OCH3 is 1. The molecule has 0 heterocycles. The van der Waals surface area contributed by atoms with Crippen LogP contribution in [0.2, 0.25) is 0 Å². The molecule has 0 aromatic heterocycles. The Morgan fingerprint density at radius 1 is 1.10 bits per heavy atom. The highest BCUT2D eigenvalue weighted by atomic mass is 16.5. The van der Waals surface area contributed by atoms with Crippen molar-refractivity contribution >= 4 is 0 Å². The molecule has 4 nitrogen and oxygen atoms in total. The Bertz CT molecular complexity index is 392. The summed E-state index contributed by atoms with van der Waals surface area (Å²) < 4.78 is 11.1. The van der Waals surface area contributed by atoms with E-state index < -0.39 is 0 Å². The van der Waals surface area contributed by atoms with E-state index in [0.717, 1.165) is 57.3 Å². The van der Waals surface area contributed by atoms with Gasteiger partial charge in [0, 0.05) is 19.6 Å². The van der Waals surface area contributed by atoms with Crippen LogP contribution in [0.4, 0.5) is 0 Å². The van der Waals surface area contributed by atoms with Gasteiger partial charge in [-0.15, -0.1) is 0 Å². The van der Waals surface area contributed by atoms with E-state index in [1.54, 1.807) is 7.11 Å². The number of hydrogen-bond acceptors (Lipinski definition) is 4. The maximum atomic E-state index is 5.67. The zero-order valence-electron chi connectivity index (χ0n) is 13.9. The van der Waals surface area contributed by atoms with Crippen LogP contribution < -0.4 is 14.8 Å². The van der Waals surface area contributed by atoms with E-state index in [2.05, 4.69) is 43.1 Å². The zero-order valence-corrected chi connectivity index (χ0v) is 13.9. The molecule has 0 aliphatic rings. The van der Waals surface area contributed by atoms with E-state index in [4.69, 9.17) is 9.47 Å². The third-order valence-electron chi connectivity index (χ3n) is 3.52. The summed E-state index contributed by atoms with van der Waals surface area (Å²) in [5.74, 6) is 1.64. The van der Waals surface area contributed by atoms with E-state index in [1.807, 2.05) is 6.07 Å². The van der Waals surface area contributed by atoms with Crippen LogP contribution in [-0.2, 0) is 6.54 Å². The van der Waals surface area contributed by atoms with Gasteiger partial charge >= 0.3 is 0 Å². The summed E-state index contributed by atoms with van der Waals surface area (Å²) in [6, 6.07) is 6.14. The average molecular weight is 294 g/mol. The van der Waals surface area contributed by atoms with Crippen molar-refractivity contribution in [1.29, 1.82) is 0 Å². The fourth-order valence-electron chi connectivity index (χ4n) is 2.16. The first-order valence-corrected chi connectivity index (χ1v) is 7.97. The summed E-state index contributed by atoms with van der Waals surface area (Å²) in [5.41, 5.74) is 1.22. The highest BCUT2D eigenvalue weighted by molar-refractivity contribution is 5.42. The first kappa shape index (κ1) is 17.8. The quantitative estimate of drug-likeness (QED) is 0.636. The standard InChI is InChI=1S/C17H30N2O2/c1-5-12-21-16-9-8-15(13-17(16)20-4)14-18-10-11-19(6-2)7-3/h8-9,13,18H,5-7,10-12,14H2,1-4H3. The molecule has 0 saturated heterocycles. The van der Waals surface area contributed by atoms with Crippen LogP contribution in [0, 0.1) is 0 Å². The van der Waals surface area contributed by atoms with Gasteiger partial charge in [-0.3, -0.25) is 0 Å². The number of hydrogen-bond donors (Lipinski definition) is 1. The molecule has 0 radical (unpaired) electrons. The smallest absolute Gasteiger partial charge is 0.161 e. The van der Waals surface area contributed by atoms with Crippen LogP contribution in [0.25, 0.3) is 0 Å². The van der Waals surface area contributed by atoms with Gasteiger partial charge in [-0.1, -0.05) is 26.8 Å². The highest BCUT2D eigenvalue weighted by Crippen LogP contribution is 2.28. The van der Waals surface area contributed by atoms with Crippen molar-refractivity contribution in [3.8, 4) is 11.5 Å². The number of rotatable bonds is 11. The third kappa shape index (κ3) is 6.36. The van der Waals surface area contributed by atoms with E-state index in [9.17, 15) is 0 Å². The van der Waals surface area contributed by atoms with Crippen LogP contribution in [0.5, 0.6) is 11.5 Å². The zero-order chi connectivity index (χ0) is 15.5. The van der Waals surface area contributed by atoms with E-state index >= 15 is 0 Å². The molecule has 0 aliphatic carbocycles. The maximum absolute atomic E-state index is 5.67. The molecule has 0 spiro atoms. The minimum atomic E-state index is 0.720. The van der Waals surface area contributed by atoms with E-state index in [0.29, 0.717) is 0 Å². The molecule has 0 bridgehead atoms. The number of benzene rings is 1. The molecule has 4 heteroatoms. The Morgan fingerprint density at radius 3 is 2.48 bits per heavy atom. The summed E-state index contributed by atoms with van der Waals surface area (Å²) in [6.45, 7) is 12.4. The average Bonchev–Trinajstić information content (AvgIpc) is 2.53. The predicted octanol–water partition coefficient (Wildman–Crippen LogP) is 2.92. The van der Waals surface area contributed by atoms with Gasteiger partial charge in [0.1, 0.15) is 0 Å². The topological polar surface area (TPSA) is 33.7 Å². The lowest BCUT2D eigenvalue weighted by atomic mass is 10.2. The van der Waals surface area contributed by atoms with Crippen LogP contribution in [0.1, 0.15) is 32.8 Å². The number of likely N-dealkylation sites (N-methyl/N-ethyl adjacent to an activating group) is 1. The first-order chi connectivity index (χ1) is 10.2. The molecule has 0 unspecified atom stereocenters. The van der Waals surface area contributed by atoms with Crippen LogP contribution in [-0.4, -0.2) is 44.8 Å². The van der Waals surface area contributed by atoms with Crippen molar-refractivity contribution in [3.05, 3.63) is 23.8 Å². The highest BCUT2D eigenvalue weighted by Gasteiger charge is 2.05. The van der Waals surface area contributed by atoms with Crippen LogP contribution in [0.3, 0.4) is 0 Å². The molecule has 0 amide bonds. The van der Waals surface area contributed by atoms with Gasteiger partial charge in [0.05, 0.1) is 13.7 Å². The van der Waals surface area contributed by atoms with Gasteiger partial charge in [0.25, 0.3) is 0 Å². The van der Waals surface area contributed by atoms with Crippen molar-refractivity contribution in [1.82, 2.24) is 10.2 Å². The van der Waals surface area contributed by atoms with Crippen molar-refractivity contribution in [2.24, 2.45) is 0 Å². The summed E-state index contributed by atoms with van der Waals surface area (Å²) in [6.07, 6.45) is 0.998. The molecule has 1 N–H and O–H groups in total. The molecule has 0 atom stereocenters. The summed E-state index contributed by atoms with van der Waals surface area (Å²) in [4.78, 5) is 2.41. The third-order valence-corrected chi connectivity index (χ3v) is 3.52. The molecule has 21 heavy (non-hydrogen) atoms. The fourth-order valence-corrected chi connectivity index (χ4v) is 2.16. The monoisotopic (exact) mass is 294 g/mol. The summed E-state index contributed by atoms with van der Waals surface area (Å²) >= 11 is 0. The molecule has 1 rings (SSSR count). The second kappa shape index (κ2) is 10.5. The van der Waals surface area contributed by atoms with Crippen molar-refractivity contribution in [2.45, 2.75) is 33.7 Å². The van der Waals surface area contributed by atoms with Crippen molar-refractivity contribution < 1.29 is 9.47 Å². The van der Waals surface area contributed by atoms with Gasteiger partial charge in [-0.25, -0.2) is 0 Å². The van der Waals surface area contributed by atoms with Crippen LogP contribution >= 0.6 is 0 Å². The minimum absolute atomic E-state index is 0.720. The van der Waals surface area contributed by atoms with Gasteiger partial charge in [-0.2, -0.15) is 0 Å². The van der Waals surface area contributed by atoms with Crippen molar-refractivity contribution in [2.75, 3.05) is 39.9 Å². The lowest BCUT2D eigenvalue weighted by Gasteiger charge is -2.18. The lowest BCUT2D eigenvalue weighted by molar-refractivity contribution is 0.293. The molecule has 0 fully saturated rings. The van der Waals surface area contributed by atoms with E-state index in [-0.39, 0.29) is 0 Å². The predicted molar refractivity (Wildman–Crippen MR) is 88.3 cm³/mol. The molecular formula is C17H30N2O2. The number of ether oxygens (including phenoxy) is 2. The van der Waals surface area contributed by atoms with Gasteiger partial charge in [-0.05, 0) is 37.2 Å². The maximum Gasteiger partial charge on any atom is 0.161 e. The fraction of sp³-hybridized carbons (Fsp3) is 0.647. The Kier molecular flexibility index (Phi) is 8.87. The molecule has 120 valence electrons. The van der Waals surface area contributed by atoms with Gasteiger partial charge < -0.3 is 19.7 Å². The molecule has 1 aromatic rings. The first-order valence-electron chi connectivity index (χ1n) is 7.97. The Hall–Kier alpha value is -1.26. The number of nitrogens with one attached hydrogen (secondary N) is 1. The number of nitrogens with zero attached hydrogens (tertiary/aromatic N) is 1.